The Kier molecular flexibility index (Phi) is 6.52. The summed E-state index contributed by atoms with van der Waals surface area (Å²) in [5.74, 6) is 0. The van der Waals surface area contributed by atoms with E-state index in [4.69, 9.17) is 9.05 Å². The summed E-state index contributed by atoms with van der Waals surface area (Å²) in [5.41, 5.74) is 0.663. The molecule has 9 heteroatoms. The Morgan fingerprint density at radius 2 is 1.40 bits per heavy atom. The number of aromatic nitrogens is 1. The van der Waals surface area contributed by atoms with Crippen molar-refractivity contribution in [2.75, 3.05) is 13.2 Å². The summed E-state index contributed by atoms with van der Waals surface area (Å²) in [6.45, 7) is 3.50. The third-order valence-electron chi connectivity index (χ3n) is 2.25. The molecule has 114 valence electrons. The number of pyridine rings is 1. The van der Waals surface area contributed by atoms with Gasteiger partial charge in [-0.25, -0.2) is 0 Å². The quantitative estimate of drug-likeness (QED) is 0.708. The molecule has 2 N–H and O–H groups in total. The van der Waals surface area contributed by atoms with Gasteiger partial charge in [-0.3, -0.25) is 14.1 Å². The summed E-state index contributed by atoms with van der Waals surface area (Å²) < 4.78 is 32.8. The van der Waals surface area contributed by atoms with E-state index in [1.165, 1.54) is 0 Å². The van der Waals surface area contributed by atoms with Gasteiger partial charge in [0, 0.05) is 0 Å². The Morgan fingerprint density at radius 3 is 1.75 bits per heavy atom. The zero-order valence-corrected chi connectivity index (χ0v) is 13.2. The molecule has 0 saturated carbocycles. The third kappa shape index (κ3) is 6.27. The molecule has 0 aliphatic carbocycles. The first-order valence-corrected chi connectivity index (χ1v) is 9.68. The maximum absolute atomic E-state index is 11.6. The van der Waals surface area contributed by atoms with Gasteiger partial charge >= 0.3 is 15.2 Å². The SMILES string of the molecule is CCOP(=O)(O)Cc1cccc(CP(=O)(O)OCC)n1. The van der Waals surface area contributed by atoms with Gasteiger partial charge in [-0.15, -0.1) is 0 Å². The van der Waals surface area contributed by atoms with Crippen LogP contribution in [0.3, 0.4) is 0 Å². The van der Waals surface area contributed by atoms with Crippen LogP contribution in [-0.4, -0.2) is 28.0 Å². The average Bonchev–Trinajstić information content (AvgIpc) is 2.27. The van der Waals surface area contributed by atoms with Crippen molar-refractivity contribution in [2.24, 2.45) is 0 Å². The molecule has 1 aromatic heterocycles. The second-order valence-electron chi connectivity index (χ2n) is 4.05. The molecule has 0 aromatic carbocycles. The summed E-state index contributed by atoms with van der Waals surface area (Å²) in [4.78, 5) is 23.2. The van der Waals surface area contributed by atoms with Crippen molar-refractivity contribution in [2.45, 2.75) is 26.2 Å². The molecule has 0 amide bonds. The third-order valence-corrected chi connectivity index (χ3v) is 5.02. The Balaban J connectivity index is 2.81. The molecule has 1 aromatic rings. The van der Waals surface area contributed by atoms with Gasteiger partial charge < -0.3 is 18.8 Å². The lowest BCUT2D eigenvalue weighted by Gasteiger charge is -2.12. The van der Waals surface area contributed by atoms with E-state index in [2.05, 4.69) is 4.98 Å². The molecule has 2 unspecified atom stereocenters. The van der Waals surface area contributed by atoms with E-state index in [1.807, 2.05) is 0 Å². The fourth-order valence-corrected chi connectivity index (χ4v) is 3.77. The number of hydrogen-bond donors (Lipinski definition) is 2. The van der Waals surface area contributed by atoms with Crippen LogP contribution in [0.25, 0.3) is 0 Å². The predicted molar refractivity (Wildman–Crippen MR) is 74.5 cm³/mol. The van der Waals surface area contributed by atoms with Crippen LogP contribution in [0, 0.1) is 0 Å². The van der Waals surface area contributed by atoms with E-state index in [-0.39, 0.29) is 25.5 Å². The van der Waals surface area contributed by atoms with Crippen molar-refractivity contribution in [1.82, 2.24) is 4.98 Å². The van der Waals surface area contributed by atoms with E-state index in [0.717, 1.165) is 0 Å². The maximum Gasteiger partial charge on any atom is 0.334 e. The number of hydrogen-bond acceptors (Lipinski definition) is 5. The van der Waals surface area contributed by atoms with Crippen molar-refractivity contribution < 1.29 is 28.0 Å². The lowest BCUT2D eigenvalue weighted by atomic mass is 10.3. The first-order valence-electron chi connectivity index (χ1n) is 6.15. The molecule has 0 aliphatic rings. The minimum atomic E-state index is -3.72. The van der Waals surface area contributed by atoms with Crippen LogP contribution in [0.5, 0.6) is 0 Å². The Labute approximate surface area is 118 Å². The summed E-state index contributed by atoms with van der Waals surface area (Å²) in [5, 5.41) is 0. The lowest BCUT2D eigenvalue weighted by molar-refractivity contribution is 0.272. The van der Waals surface area contributed by atoms with E-state index >= 15 is 0 Å². The Morgan fingerprint density at radius 1 is 1.00 bits per heavy atom. The molecule has 0 spiro atoms. The standard InChI is InChI=1S/C11H19NO6P2/c1-3-17-19(13,14)8-10-6-5-7-11(12-10)9-20(15,16)18-4-2/h5-7H,3-4,8-9H2,1-2H3,(H,13,14)(H,15,16). The molecule has 0 saturated heterocycles. The molecule has 1 rings (SSSR count). The zero-order chi connectivity index (χ0) is 15.2. The molecule has 0 bridgehead atoms. The van der Waals surface area contributed by atoms with Crippen molar-refractivity contribution in [3.63, 3.8) is 0 Å². The first kappa shape index (κ1) is 17.5. The van der Waals surface area contributed by atoms with Crippen LogP contribution < -0.4 is 0 Å². The highest BCUT2D eigenvalue weighted by Crippen LogP contribution is 2.46. The average molecular weight is 323 g/mol. The van der Waals surface area contributed by atoms with Gasteiger partial charge in [0.15, 0.2) is 0 Å². The van der Waals surface area contributed by atoms with Crippen LogP contribution in [0.4, 0.5) is 0 Å². The van der Waals surface area contributed by atoms with Crippen molar-refractivity contribution >= 4 is 15.2 Å². The van der Waals surface area contributed by atoms with Gasteiger partial charge in [-0.2, -0.15) is 0 Å². The fraction of sp³-hybridized carbons (Fsp3) is 0.545. The van der Waals surface area contributed by atoms with Gasteiger partial charge in [0.25, 0.3) is 0 Å². The molecule has 2 atom stereocenters. The van der Waals surface area contributed by atoms with Gasteiger partial charge in [0.05, 0.1) is 36.9 Å². The van der Waals surface area contributed by atoms with E-state index in [1.54, 1.807) is 32.0 Å². The van der Waals surface area contributed by atoms with Crippen LogP contribution in [0.15, 0.2) is 18.2 Å². The second-order valence-corrected chi connectivity index (χ2v) is 7.75. The molecule has 1 heterocycles. The normalized spacial score (nSPS) is 17.4. The molecule has 20 heavy (non-hydrogen) atoms. The maximum atomic E-state index is 11.6. The highest BCUT2D eigenvalue weighted by Gasteiger charge is 2.23. The molecule has 0 aliphatic heterocycles. The predicted octanol–water partition coefficient (Wildman–Crippen LogP) is 2.53. The van der Waals surface area contributed by atoms with Crippen molar-refractivity contribution in [1.29, 1.82) is 0 Å². The lowest BCUT2D eigenvalue weighted by Crippen LogP contribution is -2.00. The summed E-state index contributed by atoms with van der Waals surface area (Å²) >= 11 is 0. The second kappa shape index (κ2) is 7.46. The van der Waals surface area contributed by atoms with Gasteiger partial charge in [-0.05, 0) is 26.0 Å². The van der Waals surface area contributed by atoms with Crippen LogP contribution in [0.1, 0.15) is 25.2 Å². The number of nitrogens with zero attached hydrogens (tertiary/aromatic N) is 1. The highest BCUT2D eigenvalue weighted by molar-refractivity contribution is 7.52. The van der Waals surface area contributed by atoms with Crippen LogP contribution in [0.2, 0.25) is 0 Å². The summed E-state index contributed by atoms with van der Waals surface area (Å²) in [6, 6.07) is 4.73. The minimum absolute atomic E-state index is 0.129. The Bertz CT molecular complexity index is 492. The first-order chi connectivity index (χ1) is 9.28. The fourth-order valence-electron chi connectivity index (χ4n) is 1.61. The smallest absolute Gasteiger partial charge is 0.324 e. The van der Waals surface area contributed by atoms with Gasteiger partial charge in [-0.1, -0.05) is 6.07 Å². The molecule has 7 nitrogen and oxygen atoms in total. The van der Waals surface area contributed by atoms with Crippen molar-refractivity contribution in [3.05, 3.63) is 29.6 Å². The monoisotopic (exact) mass is 323 g/mol. The molecule has 0 fully saturated rings. The molecular weight excluding hydrogens is 304 g/mol. The number of rotatable bonds is 8. The van der Waals surface area contributed by atoms with Crippen LogP contribution >= 0.6 is 15.2 Å². The van der Waals surface area contributed by atoms with Gasteiger partial charge in [0.1, 0.15) is 0 Å². The highest BCUT2D eigenvalue weighted by atomic mass is 31.2. The molecule has 0 radical (unpaired) electrons. The Hall–Kier alpha value is -0.550. The van der Waals surface area contributed by atoms with Crippen LogP contribution in [-0.2, 0) is 30.5 Å². The van der Waals surface area contributed by atoms with E-state index < -0.39 is 15.2 Å². The minimum Gasteiger partial charge on any atom is -0.324 e. The summed E-state index contributed by atoms with van der Waals surface area (Å²) in [7, 11) is -7.45. The zero-order valence-electron chi connectivity index (χ0n) is 11.4. The van der Waals surface area contributed by atoms with E-state index in [0.29, 0.717) is 11.4 Å². The molecular formula is C11H19NO6P2. The topological polar surface area (TPSA) is 106 Å². The van der Waals surface area contributed by atoms with Crippen molar-refractivity contribution in [3.8, 4) is 0 Å². The summed E-state index contributed by atoms with van der Waals surface area (Å²) in [6.07, 6.45) is -0.474. The largest absolute Gasteiger partial charge is 0.334 e. The van der Waals surface area contributed by atoms with Gasteiger partial charge in [0.2, 0.25) is 0 Å². The van der Waals surface area contributed by atoms with E-state index in [9.17, 15) is 18.9 Å².